The van der Waals surface area contributed by atoms with E-state index in [2.05, 4.69) is 32.8 Å². The van der Waals surface area contributed by atoms with Gasteiger partial charge in [0.1, 0.15) is 0 Å². The van der Waals surface area contributed by atoms with E-state index in [4.69, 9.17) is 0 Å². The topological polar surface area (TPSA) is 50.2 Å². The number of hydrogen-bond donors (Lipinski definition) is 1. The molecule has 2 aromatic rings. The van der Waals surface area contributed by atoms with Gasteiger partial charge in [0.2, 0.25) is 5.91 Å². The summed E-state index contributed by atoms with van der Waals surface area (Å²) in [7, 11) is 1.92. The van der Waals surface area contributed by atoms with Crippen molar-refractivity contribution < 1.29 is 4.79 Å². The third kappa shape index (κ3) is 3.70. The third-order valence-corrected chi connectivity index (χ3v) is 5.92. The van der Waals surface area contributed by atoms with E-state index in [-0.39, 0.29) is 5.91 Å². The van der Waals surface area contributed by atoms with Gasteiger partial charge in [-0.2, -0.15) is 5.10 Å². The van der Waals surface area contributed by atoms with Crippen molar-refractivity contribution in [2.45, 2.75) is 39.2 Å². The molecule has 0 aliphatic carbocycles. The normalized spacial score (nSPS) is 16.5. The number of carbonyl (C=O) groups is 1. The van der Waals surface area contributed by atoms with Crippen LogP contribution in [0, 0.1) is 13.8 Å². The fourth-order valence-corrected chi connectivity index (χ4v) is 4.31. The molecule has 1 saturated heterocycles. The highest BCUT2D eigenvalue weighted by atomic mass is 32.1. The molecule has 3 rings (SSSR count). The zero-order valence-corrected chi connectivity index (χ0v) is 15.5. The summed E-state index contributed by atoms with van der Waals surface area (Å²) >= 11 is 1.78. The maximum Gasteiger partial charge on any atom is 0.224 e. The Morgan fingerprint density at radius 1 is 1.38 bits per heavy atom. The van der Waals surface area contributed by atoms with Crippen LogP contribution < -0.4 is 5.32 Å². The number of carbonyl (C=O) groups excluding carboxylic acids is 1. The summed E-state index contributed by atoms with van der Waals surface area (Å²) < 4.78 is 1.84. The summed E-state index contributed by atoms with van der Waals surface area (Å²) in [5, 5.41) is 9.66. The van der Waals surface area contributed by atoms with Gasteiger partial charge in [-0.1, -0.05) is 6.07 Å². The minimum atomic E-state index is 0.0787. The van der Waals surface area contributed by atoms with Crippen molar-refractivity contribution in [3.05, 3.63) is 39.3 Å². The van der Waals surface area contributed by atoms with E-state index in [1.54, 1.807) is 11.3 Å². The minimum Gasteiger partial charge on any atom is -0.354 e. The number of aryl methyl sites for hydroxylation is 2. The molecule has 5 nitrogen and oxygen atoms in total. The maximum absolute atomic E-state index is 12.5. The fourth-order valence-electron chi connectivity index (χ4n) is 3.45. The zero-order chi connectivity index (χ0) is 17.1. The van der Waals surface area contributed by atoms with Gasteiger partial charge in [0.25, 0.3) is 0 Å². The molecule has 0 radical (unpaired) electrons. The lowest BCUT2D eigenvalue weighted by Gasteiger charge is -2.27. The second kappa shape index (κ2) is 7.49. The molecule has 0 spiro atoms. The number of rotatable bonds is 6. The summed E-state index contributed by atoms with van der Waals surface area (Å²) in [5.74, 6) is 0.0787. The molecule has 1 aliphatic rings. The summed E-state index contributed by atoms with van der Waals surface area (Å²) in [5.41, 5.74) is 3.06. The van der Waals surface area contributed by atoms with Crippen LogP contribution in [0.4, 0.5) is 0 Å². The van der Waals surface area contributed by atoms with Crippen LogP contribution in [0.1, 0.15) is 40.7 Å². The molecule has 3 heterocycles. The highest BCUT2D eigenvalue weighted by molar-refractivity contribution is 7.10. The second-order valence-corrected chi connectivity index (χ2v) is 7.51. The molecule has 0 aromatic carbocycles. The van der Waals surface area contributed by atoms with Crippen molar-refractivity contribution in [2.75, 3.05) is 19.6 Å². The highest BCUT2D eigenvalue weighted by Crippen LogP contribution is 2.27. The Bertz CT molecular complexity index is 686. The van der Waals surface area contributed by atoms with Crippen LogP contribution in [0.25, 0.3) is 0 Å². The number of likely N-dealkylation sites (tertiary alicyclic amines) is 1. The SMILES string of the molecule is Cc1nn(C)c(C)c1CC(=O)NC[C@@H](c1cccs1)N1CCCC1. The first-order valence-corrected chi connectivity index (χ1v) is 9.47. The molecule has 0 bridgehead atoms. The fraction of sp³-hybridized carbons (Fsp3) is 0.556. The first-order chi connectivity index (χ1) is 11.6. The first kappa shape index (κ1) is 17.2. The van der Waals surface area contributed by atoms with E-state index in [9.17, 15) is 4.79 Å². The average Bonchev–Trinajstić information content (AvgIpc) is 3.28. The Kier molecular flexibility index (Phi) is 5.36. The molecule has 0 saturated carbocycles. The molecule has 6 heteroatoms. The van der Waals surface area contributed by atoms with Gasteiger partial charge < -0.3 is 5.32 Å². The molecule has 2 aromatic heterocycles. The molecule has 1 fully saturated rings. The Labute approximate surface area is 147 Å². The smallest absolute Gasteiger partial charge is 0.224 e. The van der Waals surface area contributed by atoms with Gasteiger partial charge >= 0.3 is 0 Å². The summed E-state index contributed by atoms with van der Waals surface area (Å²) in [6.07, 6.45) is 2.91. The van der Waals surface area contributed by atoms with Crippen LogP contribution in [0.2, 0.25) is 0 Å². The van der Waals surface area contributed by atoms with Crippen LogP contribution in [0.15, 0.2) is 17.5 Å². The van der Waals surface area contributed by atoms with Crippen LogP contribution in [0.3, 0.4) is 0 Å². The lowest BCUT2D eigenvalue weighted by atomic mass is 10.1. The Hall–Kier alpha value is -1.66. The van der Waals surface area contributed by atoms with Crippen molar-refractivity contribution in [3.63, 3.8) is 0 Å². The molecule has 0 unspecified atom stereocenters. The molecule has 24 heavy (non-hydrogen) atoms. The number of aromatic nitrogens is 2. The Morgan fingerprint density at radius 3 is 2.71 bits per heavy atom. The van der Waals surface area contributed by atoms with Crippen molar-refractivity contribution in [3.8, 4) is 0 Å². The molecule has 1 N–H and O–H groups in total. The van der Waals surface area contributed by atoms with Crippen molar-refractivity contribution in [2.24, 2.45) is 7.05 Å². The lowest BCUT2D eigenvalue weighted by Crippen LogP contribution is -2.37. The molecule has 130 valence electrons. The average molecular weight is 347 g/mol. The van der Waals surface area contributed by atoms with Gasteiger partial charge in [-0.05, 0) is 51.2 Å². The van der Waals surface area contributed by atoms with E-state index in [1.807, 2.05) is 25.6 Å². The lowest BCUT2D eigenvalue weighted by molar-refractivity contribution is -0.120. The number of nitrogens with zero attached hydrogens (tertiary/aromatic N) is 3. The van der Waals surface area contributed by atoms with Crippen LogP contribution in [-0.4, -0.2) is 40.2 Å². The van der Waals surface area contributed by atoms with Gasteiger partial charge in [0, 0.05) is 29.7 Å². The molecular weight excluding hydrogens is 320 g/mol. The Morgan fingerprint density at radius 2 is 2.12 bits per heavy atom. The van der Waals surface area contributed by atoms with Crippen molar-refractivity contribution >= 4 is 17.2 Å². The second-order valence-electron chi connectivity index (χ2n) is 6.53. The Balaban J connectivity index is 1.63. The van der Waals surface area contributed by atoms with Crippen molar-refractivity contribution in [1.82, 2.24) is 20.0 Å². The minimum absolute atomic E-state index is 0.0787. The maximum atomic E-state index is 12.5. The standard InChI is InChI=1S/C18H26N4OS/c1-13-15(14(2)21(3)20-13)11-18(23)19-12-16(17-7-6-10-24-17)22-8-4-5-9-22/h6-7,10,16H,4-5,8-9,11-12H2,1-3H3,(H,19,23)/t16-/m0/s1. The van der Waals surface area contributed by atoms with Gasteiger partial charge in [-0.25, -0.2) is 0 Å². The van der Waals surface area contributed by atoms with Crippen LogP contribution in [0.5, 0.6) is 0 Å². The number of hydrogen-bond acceptors (Lipinski definition) is 4. The third-order valence-electron chi connectivity index (χ3n) is 4.94. The summed E-state index contributed by atoms with van der Waals surface area (Å²) in [4.78, 5) is 16.3. The van der Waals surface area contributed by atoms with Gasteiger partial charge in [-0.3, -0.25) is 14.4 Å². The van der Waals surface area contributed by atoms with E-state index in [0.29, 0.717) is 19.0 Å². The first-order valence-electron chi connectivity index (χ1n) is 8.59. The number of thiophene rings is 1. The monoisotopic (exact) mass is 346 g/mol. The zero-order valence-electron chi connectivity index (χ0n) is 14.7. The predicted octanol–water partition coefficient (Wildman–Crippen LogP) is 2.59. The molecule has 1 amide bonds. The molecule has 1 aliphatic heterocycles. The summed E-state index contributed by atoms with van der Waals surface area (Å²) in [6.45, 7) is 6.91. The van der Waals surface area contributed by atoms with Gasteiger partial charge in [-0.15, -0.1) is 11.3 Å². The predicted molar refractivity (Wildman–Crippen MR) is 97.3 cm³/mol. The van der Waals surface area contributed by atoms with E-state index >= 15 is 0 Å². The van der Waals surface area contributed by atoms with E-state index < -0.39 is 0 Å². The number of nitrogens with one attached hydrogen (secondary N) is 1. The largest absolute Gasteiger partial charge is 0.354 e. The van der Waals surface area contributed by atoms with Crippen molar-refractivity contribution in [1.29, 1.82) is 0 Å². The molecule has 1 atom stereocenters. The van der Waals surface area contributed by atoms with Crippen LogP contribution >= 0.6 is 11.3 Å². The number of amides is 1. The van der Waals surface area contributed by atoms with Gasteiger partial charge in [0.15, 0.2) is 0 Å². The quantitative estimate of drug-likeness (QED) is 0.875. The summed E-state index contributed by atoms with van der Waals surface area (Å²) in [6, 6.07) is 4.56. The highest BCUT2D eigenvalue weighted by Gasteiger charge is 2.25. The van der Waals surface area contributed by atoms with Gasteiger partial charge in [0.05, 0.1) is 18.2 Å². The van der Waals surface area contributed by atoms with Crippen LogP contribution in [-0.2, 0) is 18.3 Å². The van der Waals surface area contributed by atoms with E-state index in [0.717, 1.165) is 30.0 Å². The van der Waals surface area contributed by atoms with E-state index in [1.165, 1.54) is 17.7 Å². The molecular formula is C18H26N4OS.